The van der Waals surface area contributed by atoms with Crippen LogP contribution in [0.4, 0.5) is 8.78 Å². The van der Waals surface area contributed by atoms with E-state index in [4.69, 9.17) is 5.11 Å². The predicted octanol–water partition coefficient (Wildman–Crippen LogP) is 4.35. The Kier molecular flexibility index (Phi) is 7.11. The molecule has 2 aromatic rings. The van der Waals surface area contributed by atoms with Gasteiger partial charge in [0.15, 0.2) is 11.6 Å². The van der Waals surface area contributed by atoms with E-state index in [2.05, 4.69) is 0 Å². The first kappa shape index (κ1) is 21.8. The number of halogens is 2. The maximum atomic E-state index is 13.3. The summed E-state index contributed by atoms with van der Waals surface area (Å²) < 4.78 is 26.3. The van der Waals surface area contributed by atoms with Crippen LogP contribution in [0.5, 0.6) is 0 Å². The summed E-state index contributed by atoms with van der Waals surface area (Å²) >= 11 is 0. The van der Waals surface area contributed by atoms with E-state index in [-0.39, 0.29) is 29.6 Å². The van der Waals surface area contributed by atoms with Crippen molar-refractivity contribution in [2.45, 2.75) is 38.2 Å². The fourth-order valence-corrected chi connectivity index (χ4v) is 3.92. The molecule has 1 saturated carbocycles. The van der Waals surface area contributed by atoms with E-state index in [1.165, 1.54) is 6.07 Å². The molecule has 3 atom stereocenters. The molecule has 3 rings (SSSR count). The van der Waals surface area contributed by atoms with Crippen LogP contribution < -0.4 is 0 Å². The third-order valence-corrected chi connectivity index (χ3v) is 5.61. The van der Waals surface area contributed by atoms with Crippen molar-refractivity contribution in [3.63, 3.8) is 0 Å². The number of aromatic carboxylic acids is 1. The van der Waals surface area contributed by atoms with Gasteiger partial charge in [0.1, 0.15) is 5.78 Å². The first-order chi connectivity index (χ1) is 14.3. The molecule has 0 radical (unpaired) electrons. The Hall–Kier alpha value is -2.86. The Labute approximate surface area is 173 Å². The van der Waals surface area contributed by atoms with Crippen LogP contribution in [0.3, 0.4) is 0 Å². The lowest BCUT2D eigenvalue weighted by atomic mass is 9.88. The highest BCUT2D eigenvalue weighted by atomic mass is 19.2. The Bertz CT molecular complexity index is 937. The number of hydrogen-bond acceptors (Lipinski definition) is 3. The quantitative estimate of drug-likeness (QED) is 0.630. The smallest absolute Gasteiger partial charge is 0.335 e. The minimum Gasteiger partial charge on any atom is -0.478 e. The molecule has 30 heavy (non-hydrogen) atoms. The number of carboxylic acid groups (broad SMARTS) is 1. The van der Waals surface area contributed by atoms with Gasteiger partial charge in [0, 0.05) is 18.8 Å². The molecule has 2 aromatic carbocycles. The van der Waals surface area contributed by atoms with E-state index in [9.17, 15) is 23.5 Å². The summed E-state index contributed by atoms with van der Waals surface area (Å²) in [5.74, 6) is -2.76. The second kappa shape index (κ2) is 9.76. The number of allylic oxidation sites excluding steroid dienone is 1. The van der Waals surface area contributed by atoms with Crippen molar-refractivity contribution in [3.8, 4) is 0 Å². The second-order valence-corrected chi connectivity index (χ2v) is 7.72. The van der Waals surface area contributed by atoms with Gasteiger partial charge in [0.05, 0.1) is 11.7 Å². The van der Waals surface area contributed by atoms with Gasteiger partial charge < -0.3 is 10.2 Å². The fraction of sp³-hybridized carbons (Fsp3) is 0.333. The van der Waals surface area contributed by atoms with E-state index in [0.717, 1.165) is 24.1 Å². The molecule has 1 fully saturated rings. The molecule has 0 spiro atoms. The predicted molar refractivity (Wildman–Crippen MR) is 108 cm³/mol. The minimum atomic E-state index is -0.973. The third kappa shape index (κ3) is 5.60. The maximum absolute atomic E-state index is 13.3. The van der Waals surface area contributed by atoms with E-state index in [1.807, 2.05) is 6.08 Å². The van der Waals surface area contributed by atoms with Gasteiger partial charge in [-0.05, 0) is 60.6 Å². The molecule has 0 bridgehead atoms. The maximum Gasteiger partial charge on any atom is 0.335 e. The van der Waals surface area contributed by atoms with Crippen molar-refractivity contribution in [1.82, 2.24) is 0 Å². The van der Waals surface area contributed by atoms with Gasteiger partial charge in [-0.3, -0.25) is 4.79 Å². The first-order valence-corrected chi connectivity index (χ1v) is 9.98. The monoisotopic (exact) mass is 414 g/mol. The van der Waals surface area contributed by atoms with Crippen molar-refractivity contribution in [2.24, 2.45) is 11.8 Å². The first-order valence-electron chi connectivity index (χ1n) is 9.98. The molecule has 4 nitrogen and oxygen atoms in total. The largest absolute Gasteiger partial charge is 0.478 e. The summed E-state index contributed by atoms with van der Waals surface area (Å²) in [5.41, 5.74) is 1.70. The zero-order valence-corrected chi connectivity index (χ0v) is 16.4. The molecule has 0 aliphatic heterocycles. The van der Waals surface area contributed by atoms with Gasteiger partial charge in [-0.2, -0.15) is 0 Å². The van der Waals surface area contributed by atoms with Crippen molar-refractivity contribution < 1.29 is 28.6 Å². The zero-order valence-electron chi connectivity index (χ0n) is 16.4. The van der Waals surface area contributed by atoms with E-state index < -0.39 is 23.7 Å². The summed E-state index contributed by atoms with van der Waals surface area (Å²) in [6, 6.07) is 10.2. The average molecular weight is 414 g/mol. The number of carbonyl (C=O) groups excluding carboxylic acids is 1. The van der Waals surface area contributed by atoms with Crippen molar-refractivity contribution >= 4 is 11.8 Å². The number of aliphatic hydroxyl groups excluding tert-OH is 1. The SMILES string of the molecule is O=C(O)c1ccc(CCC2C(=O)CCC2C=CC(O)Cc2ccc(F)c(F)c2)cc1. The van der Waals surface area contributed by atoms with Crippen LogP contribution in [-0.4, -0.2) is 28.1 Å². The van der Waals surface area contributed by atoms with Crippen molar-refractivity contribution in [3.05, 3.63) is 82.9 Å². The van der Waals surface area contributed by atoms with Crippen LogP contribution in [0.2, 0.25) is 0 Å². The topological polar surface area (TPSA) is 74.6 Å². The van der Waals surface area contributed by atoms with Crippen LogP contribution in [0.15, 0.2) is 54.6 Å². The number of Topliss-reactive ketones (excluding diaryl/α,β-unsaturated/α-hetero) is 1. The molecule has 158 valence electrons. The normalized spacial score (nSPS) is 20.0. The molecule has 6 heteroatoms. The van der Waals surface area contributed by atoms with E-state index in [0.29, 0.717) is 24.8 Å². The van der Waals surface area contributed by atoms with Crippen LogP contribution in [0.1, 0.15) is 40.7 Å². The number of benzene rings is 2. The number of ketones is 1. The molecule has 0 aromatic heterocycles. The van der Waals surface area contributed by atoms with Gasteiger partial charge in [-0.1, -0.05) is 30.4 Å². The summed E-state index contributed by atoms with van der Waals surface area (Å²) in [6.45, 7) is 0. The highest BCUT2D eigenvalue weighted by Crippen LogP contribution is 2.33. The Balaban J connectivity index is 1.57. The molecule has 1 aliphatic rings. The lowest BCUT2D eigenvalue weighted by Crippen LogP contribution is -2.15. The van der Waals surface area contributed by atoms with Crippen LogP contribution in [-0.2, 0) is 17.6 Å². The van der Waals surface area contributed by atoms with E-state index in [1.54, 1.807) is 30.3 Å². The Morgan fingerprint density at radius 2 is 1.80 bits per heavy atom. The van der Waals surface area contributed by atoms with E-state index >= 15 is 0 Å². The van der Waals surface area contributed by atoms with Gasteiger partial charge in [-0.15, -0.1) is 0 Å². The highest BCUT2D eigenvalue weighted by molar-refractivity contribution is 5.87. The van der Waals surface area contributed by atoms with Crippen molar-refractivity contribution in [1.29, 1.82) is 0 Å². The zero-order chi connectivity index (χ0) is 21.7. The summed E-state index contributed by atoms with van der Waals surface area (Å²) in [6.07, 6.45) is 5.32. The lowest BCUT2D eigenvalue weighted by Gasteiger charge is -2.16. The van der Waals surface area contributed by atoms with Gasteiger partial charge >= 0.3 is 5.97 Å². The summed E-state index contributed by atoms with van der Waals surface area (Å²) in [5, 5.41) is 19.2. The molecular formula is C24H24F2O4. The van der Waals surface area contributed by atoms with Crippen LogP contribution in [0, 0.1) is 23.5 Å². The number of rotatable bonds is 8. The molecule has 0 heterocycles. The molecule has 1 aliphatic carbocycles. The lowest BCUT2D eigenvalue weighted by molar-refractivity contribution is -0.121. The number of aryl methyl sites for hydroxylation is 1. The number of aliphatic hydroxyl groups is 1. The summed E-state index contributed by atoms with van der Waals surface area (Å²) in [4.78, 5) is 23.2. The van der Waals surface area contributed by atoms with Crippen molar-refractivity contribution in [2.75, 3.05) is 0 Å². The van der Waals surface area contributed by atoms with Gasteiger partial charge in [0.25, 0.3) is 0 Å². The highest BCUT2D eigenvalue weighted by Gasteiger charge is 2.32. The standard InChI is InChI=1S/C24H24F2O4/c25-21-11-4-16(14-22(21)26)13-19(27)9-7-17-8-12-23(28)20(17)10-3-15-1-5-18(6-2-15)24(29)30/h1-2,4-7,9,11,14,17,19-20,27H,3,8,10,12-13H2,(H,29,30). The molecule has 0 amide bonds. The number of hydrogen-bond donors (Lipinski definition) is 2. The molecular weight excluding hydrogens is 390 g/mol. The second-order valence-electron chi connectivity index (χ2n) is 7.72. The molecule has 3 unspecified atom stereocenters. The van der Waals surface area contributed by atoms with Crippen LogP contribution >= 0.6 is 0 Å². The molecule has 0 saturated heterocycles. The Morgan fingerprint density at radius 3 is 2.47 bits per heavy atom. The van der Waals surface area contributed by atoms with Crippen LogP contribution in [0.25, 0.3) is 0 Å². The fourth-order valence-electron chi connectivity index (χ4n) is 3.92. The number of carboxylic acids is 1. The third-order valence-electron chi connectivity index (χ3n) is 5.61. The average Bonchev–Trinajstić information content (AvgIpc) is 3.07. The van der Waals surface area contributed by atoms with Gasteiger partial charge in [-0.25, -0.2) is 13.6 Å². The summed E-state index contributed by atoms with van der Waals surface area (Å²) in [7, 11) is 0. The Morgan fingerprint density at radius 1 is 1.10 bits per heavy atom. The molecule has 2 N–H and O–H groups in total. The number of carbonyl (C=O) groups is 2. The van der Waals surface area contributed by atoms with Gasteiger partial charge in [0.2, 0.25) is 0 Å². The minimum absolute atomic E-state index is 0.0235.